The Morgan fingerprint density at radius 1 is 1.56 bits per heavy atom. The fourth-order valence-electron chi connectivity index (χ4n) is 2.11. The van der Waals surface area contributed by atoms with Gasteiger partial charge in [0.05, 0.1) is 0 Å². The maximum absolute atomic E-state index is 11.6. The normalized spacial score (nSPS) is 21.2. The first kappa shape index (κ1) is 11.1. The van der Waals surface area contributed by atoms with E-state index in [-0.39, 0.29) is 11.6 Å². The summed E-state index contributed by atoms with van der Waals surface area (Å²) in [5, 5.41) is 0. The summed E-state index contributed by atoms with van der Waals surface area (Å²) in [4.78, 5) is 18.2. The van der Waals surface area contributed by atoms with Crippen LogP contribution < -0.4 is 16.2 Å². The zero-order valence-corrected chi connectivity index (χ0v) is 9.81. The highest BCUT2D eigenvalue weighted by molar-refractivity contribution is 5.33. The molecule has 16 heavy (non-hydrogen) atoms. The molecule has 0 saturated carbocycles. The number of nitrogens with two attached hydrogens (primary N) is 1. The predicted octanol–water partition coefficient (Wildman–Crippen LogP) is 0.0162. The molecule has 2 N–H and O–H groups in total. The van der Waals surface area contributed by atoms with Crippen molar-refractivity contribution in [3.8, 4) is 0 Å². The van der Waals surface area contributed by atoms with Crippen molar-refractivity contribution in [2.75, 3.05) is 18.0 Å². The summed E-state index contributed by atoms with van der Waals surface area (Å²) in [5.41, 5.74) is 6.68. The second-order valence-corrected chi connectivity index (χ2v) is 4.44. The Labute approximate surface area is 94.9 Å². The molecule has 0 bridgehead atoms. The first-order valence-corrected chi connectivity index (χ1v) is 5.63. The van der Waals surface area contributed by atoms with Gasteiger partial charge in [0.1, 0.15) is 0 Å². The Morgan fingerprint density at radius 2 is 2.31 bits per heavy atom. The number of aromatic nitrogens is 2. The average molecular weight is 222 g/mol. The molecule has 5 nitrogen and oxygen atoms in total. The van der Waals surface area contributed by atoms with Gasteiger partial charge in [-0.15, -0.1) is 0 Å². The van der Waals surface area contributed by atoms with Crippen LogP contribution in [0.5, 0.6) is 0 Å². The maximum Gasteiger partial charge on any atom is 0.254 e. The molecule has 0 aliphatic carbocycles. The van der Waals surface area contributed by atoms with E-state index in [9.17, 15) is 4.79 Å². The fraction of sp³-hybridized carbons (Fsp3) is 0.636. The van der Waals surface area contributed by atoms with Gasteiger partial charge in [-0.3, -0.25) is 9.36 Å². The van der Waals surface area contributed by atoms with Crippen LogP contribution in [0.1, 0.15) is 18.5 Å². The molecule has 0 aromatic carbocycles. The molecule has 0 spiro atoms. The van der Waals surface area contributed by atoms with Crippen molar-refractivity contribution in [1.29, 1.82) is 0 Å². The number of hydrogen-bond donors (Lipinski definition) is 1. The lowest BCUT2D eigenvalue weighted by Crippen LogP contribution is -2.45. The molecular weight excluding hydrogens is 204 g/mol. The van der Waals surface area contributed by atoms with Gasteiger partial charge in [-0.2, -0.15) is 0 Å². The summed E-state index contributed by atoms with van der Waals surface area (Å²) >= 11 is 0. The number of piperidine rings is 1. The summed E-state index contributed by atoms with van der Waals surface area (Å²) < 4.78 is 1.59. The first-order valence-electron chi connectivity index (χ1n) is 5.63. The van der Waals surface area contributed by atoms with E-state index >= 15 is 0 Å². The molecule has 1 fully saturated rings. The maximum atomic E-state index is 11.6. The summed E-state index contributed by atoms with van der Waals surface area (Å²) in [6.07, 6.45) is 2.11. The van der Waals surface area contributed by atoms with Crippen LogP contribution in [-0.4, -0.2) is 28.7 Å². The van der Waals surface area contributed by atoms with E-state index in [4.69, 9.17) is 5.73 Å². The van der Waals surface area contributed by atoms with Crippen molar-refractivity contribution in [1.82, 2.24) is 9.55 Å². The monoisotopic (exact) mass is 222 g/mol. The Balaban J connectivity index is 2.35. The number of aryl methyl sites for hydroxylation is 1. The van der Waals surface area contributed by atoms with Gasteiger partial charge in [0.25, 0.3) is 5.56 Å². The molecule has 88 valence electrons. The summed E-state index contributed by atoms with van der Waals surface area (Å²) in [5.74, 6) is 0.736. The van der Waals surface area contributed by atoms with Crippen LogP contribution >= 0.6 is 0 Å². The molecule has 0 amide bonds. The van der Waals surface area contributed by atoms with Crippen LogP contribution in [-0.2, 0) is 7.05 Å². The Bertz CT molecular complexity index is 440. The van der Waals surface area contributed by atoms with Crippen LogP contribution in [0.25, 0.3) is 0 Å². The number of hydrogen-bond acceptors (Lipinski definition) is 4. The smallest absolute Gasteiger partial charge is 0.254 e. The van der Waals surface area contributed by atoms with Crippen LogP contribution in [0.15, 0.2) is 10.9 Å². The third-order valence-corrected chi connectivity index (χ3v) is 2.98. The zero-order chi connectivity index (χ0) is 11.7. The molecule has 1 aliphatic rings. The lowest BCUT2D eigenvalue weighted by Gasteiger charge is -2.32. The second-order valence-electron chi connectivity index (χ2n) is 4.44. The largest absolute Gasteiger partial charge is 0.341 e. The second kappa shape index (κ2) is 4.25. The molecule has 1 atom stereocenters. The highest BCUT2D eigenvalue weighted by Gasteiger charge is 2.20. The summed E-state index contributed by atoms with van der Waals surface area (Å²) in [7, 11) is 1.75. The van der Waals surface area contributed by atoms with Crippen molar-refractivity contribution < 1.29 is 0 Å². The van der Waals surface area contributed by atoms with Crippen LogP contribution in [0.4, 0.5) is 5.95 Å². The Morgan fingerprint density at radius 3 is 3.00 bits per heavy atom. The lowest BCUT2D eigenvalue weighted by molar-refractivity contribution is 0.493. The predicted molar refractivity (Wildman–Crippen MR) is 63.6 cm³/mol. The van der Waals surface area contributed by atoms with E-state index in [0.717, 1.165) is 37.6 Å². The molecule has 5 heteroatoms. The zero-order valence-electron chi connectivity index (χ0n) is 9.81. The molecule has 1 aliphatic heterocycles. The summed E-state index contributed by atoms with van der Waals surface area (Å²) in [6.45, 7) is 3.55. The van der Waals surface area contributed by atoms with Crippen molar-refractivity contribution in [3.63, 3.8) is 0 Å². The molecule has 2 rings (SSSR count). The van der Waals surface area contributed by atoms with E-state index in [1.807, 2.05) is 6.92 Å². The van der Waals surface area contributed by atoms with Crippen molar-refractivity contribution >= 4 is 5.95 Å². The van der Waals surface area contributed by atoms with Gasteiger partial charge in [0.15, 0.2) is 0 Å². The molecule has 1 saturated heterocycles. The minimum Gasteiger partial charge on any atom is -0.341 e. The SMILES string of the molecule is Cc1cc(=O)n(C)c(N2CCCC(N)C2)n1. The van der Waals surface area contributed by atoms with Gasteiger partial charge in [0, 0.05) is 37.9 Å². The van der Waals surface area contributed by atoms with E-state index in [2.05, 4.69) is 9.88 Å². The average Bonchev–Trinajstić information content (AvgIpc) is 2.23. The highest BCUT2D eigenvalue weighted by Crippen LogP contribution is 2.15. The van der Waals surface area contributed by atoms with Gasteiger partial charge in [-0.25, -0.2) is 4.98 Å². The third-order valence-electron chi connectivity index (χ3n) is 2.98. The van der Waals surface area contributed by atoms with Crippen LogP contribution in [0.3, 0.4) is 0 Å². The lowest BCUT2D eigenvalue weighted by atomic mass is 10.1. The van der Waals surface area contributed by atoms with Crippen LogP contribution in [0, 0.1) is 6.92 Å². The Kier molecular flexibility index (Phi) is 2.96. The fourth-order valence-corrected chi connectivity index (χ4v) is 2.11. The Hall–Kier alpha value is -1.36. The van der Waals surface area contributed by atoms with Gasteiger partial charge in [-0.05, 0) is 19.8 Å². The minimum absolute atomic E-state index is 0.0124. The van der Waals surface area contributed by atoms with Crippen molar-refractivity contribution in [2.45, 2.75) is 25.8 Å². The quantitative estimate of drug-likeness (QED) is 0.727. The molecule has 1 unspecified atom stereocenters. The topological polar surface area (TPSA) is 64.2 Å². The van der Waals surface area contributed by atoms with Crippen molar-refractivity contribution in [2.24, 2.45) is 12.8 Å². The van der Waals surface area contributed by atoms with Gasteiger partial charge >= 0.3 is 0 Å². The minimum atomic E-state index is -0.0124. The van der Waals surface area contributed by atoms with Gasteiger partial charge in [0.2, 0.25) is 5.95 Å². The highest BCUT2D eigenvalue weighted by atomic mass is 16.1. The molecule has 1 aromatic rings. The van der Waals surface area contributed by atoms with Crippen molar-refractivity contribution in [3.05, 3.63) is 22.1 Å². The number of anilines is 1. The molecule has 1 aromatic heterocycles. The summed E-state index contributed by atoms with van der Waals surface area (Å²) in [6, 6.07) is 1.74. The number of nitrogens with zero attached hydrogens (tertiary/aromatic N) is 3. The molecule has 0 radical (unpaired) electrons. The van der Waals surface area contributed by atoms with Crippen LogP contribution in [0.2, 0.25) is 0 Å². The molecular formula is C11H18N4O. The first-order chi connectivity index (χ1) is 7.58. The molecule has 2 heterocycles. The van der Waals surface area contributed by atoms with Gasteiger partial charge in [-0.1, -0.05) is 0 Å². The van der Waals surface area contributed by atoms with E-state index in [0.29, 0.717) is 0 Å². The standard InChI is InChI=1S/C11H18N4O/c1-8-6-10(16)14(2)11(13-8)15-5-3-4-9(12)7-15/h6,9H,3-5,7,12H2,1-2H3. The van der Waals surface area contributed by atoms with E-state index in [1.165, 1.54) is 0 Å². The van der Waals surface area contributed by atoms with Gasteiger partial charge < -0.3 is 10.6 Å². The third kappa shape index (κ3) is 2.09. The van der Waals surface area contributed by atoms with E-state index in [1.54, 1.807) is 17.7 Å². The van der Waals surface area contributed by atoms with E-state index < -0.39 is 0 Å². The number of rotatable bonds is 1.